The van der Waals surface area contributed by atoms with Crippen LogP contribution in [0.5, 0.6) is 0 Å². The second kappa shape index (κ2) is 6.96. The number of guanidine groups is 1. The van der Waals surface area contributed by atoms with E-state index in [1.807, 2.05) is 4.90 Å². The van der Waals surface area contributed by atoms with Crippen LogP contribution in [0.3, 0.4) is 0 Å². The summed E-state index contributed by atoms with van der Waals surface area (Å²) in [5.41, 5.74) is 6.99. The molecule has 8 heteroatoms. The lowest BCUT2D eigenvalue weighted by molar-refractivity contribution is 0.380. The SMILES string of the molecule is CC(C)(CN=C(N)N1CCN(c2ccc(F)cc2)CC1)S(C)(=O)=O. The minimum absolute atomic E-state index is 0.135. The lowest BCUT2D eigenvalue weighted by atomic mass is 10.2. The molecule has 6 nitrogen and oxygen atoms in total. The molecule has 1 heterocycles. The van der Waals surface area contributed by atoms with Crippen molar-refractivity contribution in [2.75, 3.05) is 43.9 Å². The number of sulfone groups is 1. The minimum atomic E-state index is -3.20. The lowest BCUT2D eigenvalue weighted by Crippen LogP contribution is -2.51. The van der Waals surface area contributed by atoms with Gasteiger partial charge in [0.15, 0.2) is 15.8 Å². The second-order valence-electron chi connectivity index (χ2n) is 6.66. The third-order valence-electron chi connectivity index (χ3n) is 4.42. The largest absolute Gasteiger partial charge is 0.370 e. The van der Waals surface area contributed by atoms with Crippen LogP contribution < -0.4 is 10.6 Å². The summed E-state index contributed by atoms with van der Waals surface area (Å²) in [7, 11) is -3.20. The molecule has 0 radical (unpaired) electrons. The Hall–Kier alpha value is -1.83. The van der Waals surface area contributed by atoms with E-state index >= 15 is 0 Å². The summed E-state index contributed by atoms with van der Waals surface area (Å²) in [4.78, 5) is 8.37. The van der Waals surface area contributed by atoms with E-state index in [2.05, 4.69) is 9.89 Å². The molecule has 1 aliphatic rings. The van der Waals surface area contributed by atoms with Crippen molar-refractivity contribution in [3.63, 3.8) is 0 Å². The molecule has 0 amide bonds. The van der Waals surface area contributed by atoms with Crippen molar-refractivity contribution in [1.82, 2.24) is 4.90 Å². The van der Waals surface area contributed by atoms with E-state index in [1.165, 1.54) is 18.4 Å². The fraction of sp³-hybridized carbons (Fsp3) is 0.562. The molecule has 0 unspecified atom stereocenters. The van der Waals surface area contributed by atoms with Crippen LogP contribution in [0.1, 0.15) is 13.8 Å². The smallest absolute Gasteiger partial charge is 0.191 e. The Kier molecular flexibility index (Phi) is 5.37. The summed E-state index contributed by atoms with van der Waals surface area (Å²) in [5, 5.41) is 0. The molecule has 0 bridgehead atoms. The average Bonchev–Trinajstić information content (AvgIpc) is 2.52. The predicted octanol–water partition coefficient (Wildman–Crippen LogP) is 1.09. The van der Waals surface area contributed by atoms with Gasteiger partial charge in [-0.1, -0.05) is 0 Å². The van der Waals surface area contributed by atoms with Gasteiger partial charge < -0.3 is 15.5 Å². The first kappa shape index (κ1) is 18.5. The Bertz CT molecular complexity index is 693. The normalized spacial score (nSPS) is 17.2. The third-order valence-corrected chi connectivity index (χ3v) is 6.56. The van der Waals surface area contributed by atoms with E-state index < -0.39 is 14.6 Å². The first-order valence-electron chi connectivity index (χ1n) is 7.85. The monoisotopic (exact) mass is 356 g/mol. The van der Waals surface area contributed by atoms with Gasteiger partial charge in [-0.15, -0.1) is 0 Å². The number of halogens is 1. The molecule has 24 heavy (non-hydrogen) atoms. The van der Waals surface area contributed by atoms with E-state index in [4.69, 9.17) is 5.73 Å². The number of hydrogen-bond donors (Lipinski definition) is 1. The van der Waals surface area contributed by atoms with E-state index in [9.17, 15) is 12.8 Å². The van der Waals surface area contributed by atoms with E-state index in [-0.39, 0.29) is 12.4 Å². The Morgan fingerprint density at radius 2 is 1.75 bits per heavy atom. The van der Waals surface area contributed by atoms with Crippen LogP contribution >= 0.6 is 0 Å². The topological polar surface area (TPSA) is 79.0 Å². The van der Waals surface area contributed by atoms with Crippen LogP contribution in [0.4, 0.5) is 10.1 Å². The van der Waals surface area contributed by atoms with Crippen molar-refractivity contribution in [2.24, 2.45) is 10.7 Å². The Balaban J connectivity index is 1.94. The zero-order valence-corrected chi connectivity index (χ0v) is 15.2. The van der Waals surface area contributed by atoms with Gasteiger partial charge in [0.25, 0.3) is 0 Å². The molecule has 2 rings (SSSR count). The maximum Gasteiger partial charge on any atom is 0.191 e. The van der Waals surface area contributed by atoms with Gasteiger partial charge in [0.05, 0.1) is 11.3 Å². The van der Waals surface area contributed by atoms with Crippen molar-refractivity contribution in [2.45, 2.75) is 18.6 Å². The van der Waals surface area contributed by atoms with E-state index in [1.54, 1.807) is 26.0 Å². The highest BCUT2D eigenvalue weighted by atomic mass is 32.2. The Morgan fingerprint density at radius 3 is 2.25 bits per heavy atom. The molecule has 134 valence electrons. The summed E-state index contributed by atoms with van der Waals surface area (Å²) in [6, 6.07) is 6.42. The molecule has 1 saturated heterocycles. The molecule has 1 aromatic rings. The van der Waals surface area contributed by atoms with Gasteiger partial charge in [0.2, 0.25) is 0 Å². The molecule has 1 fully saturated rings. The van der Waals surface area contributed by atoms with Gasteiger partial charge in [-0.3, -0.25) is 4.99 Å². The zero-order chi connectivity index (χ0) is 18.0. The van der Waals surface area contributed by atoms with Crippen molar-refractivity contribution in [3.05, 3.63) is 30.1 Å². The summed E-state index contributed by atoms with van der Waals surface area (Å²) < 4.78 is 35.5. The molecule has 1 aromatic carbocycles. The number of nitrogens with zero attached hydrogens (tertiary/aromatic N) is 3. The molecule has 2 N–H and O–H groups in total. The maximum absolute atomic E-state index is 13.0. The van der Waals surface area contributed by atoms with Crippen LogP contribution in [0.25, 0.3) is 0 Å². The molecule has 0 spiro atoms. The summed E-state index contributed by atoms with van der Waals surface area (Å²) in [6.07, 6.45) is 1.21. The molecule has 0 atom stereocenters. The quantitative estimate of drug-likeness (QED) is 0.645. The number of rotatable bonds is 4. The molecular weight excluding hydrogens is 331 g/mol. The van der Waals surface area contributed by atoms with E-state index in [0.29, 0.717) is 19.0 Å². The summed E-state index contributed by atoms with van der Waals surface area (Å²) >= 11 is 0. The third kappa shape index (κ3) is 4.37. The van der Waals surface area contributed by atoms with Crippen molar-refractivity contribution >= 4 is 21.5 Å². The fourth-order valence-electron chi connectivity index (χ4n) is 2.33. The highest BCUT2D eigenvalue weighted by Gasteiger charge is 2.30. The lowest BCUT2D eigenvalue weighted by Gasteiger charge is -2.36. The maximum atomic E-state index is 13.0. The number of benzene rings is 1. The van der Waals surface area contributed by atoms with E-state index in [0.717, 1.165) is 18.8 Å². The molecule has 0 saturated carbocycles. The van der Waals surface area contributed by atoms with Crippen LogP contribution in [-0.4, -0.2) is 63.0 Å². The average molecular weight is 356 g/mol. The second-order valence-corrected chi connectivity index (χ2v) is 9.31. The number of hydrogen-bond acceptors (Lipinski definition) is 4. The number of nitrogens with two attached hydrogens (primary N) is 1. The van der Waals surface area contributed by atoms with Gasteiger partial charge in [0.1, 0.15) is 5.82 Å². The predicted molar refractivity (Wildman–Crippen MR) is 95.6 cm³/mol. The number of aliphatic imine (C=N–C) groups is 1. The van der Waals surface area contributed by atoms with Crippen LogP contribution in [0.2, 0.25) is 0 Å². The summed E-state index contributed by atoms with van der Waals surface area (Å²) in [6.45, 7) is 6.29. The first-order valence-corrected chi connectivity index (χ1v) is 9.74. The highest BCUT2D eigenvalue weighted by molar-refractivity contribution is 7.92. The molecule has 0 aliphatic carbocycles. The number of piperazine rings is 1. The van der Waals surface area contributed by atoms with Crippen molar-refractivity contribution in [1.29, 1.82) is 0 Å². The van der Waals surface area contributed by atoms with Crippen molar-refractivity contribution < 1.29 is 12.8 Å². The fourth-order valence-corrected chi connectivity index (χ4v) is 2.63. The molecular formula is C16H25FN4O2S. The number of anilines is 1. The van der Waals surface area contributed by atoms with Gasteiger partial charge in [-0.2, -0.15) is 0 Å². The molecule has 1 aliphatic heterocycles. The van der Waals surface area contributed by atoms with Crippen LogP contribution in [0.15, 0.2) is 29.3 Å². The molecule has 0 aromatic heterocycles. The standard InChI is InChI=1S/C16H25FN4O2S/c1-16(2,24(3,22)23)12-19-15(18)21-10-8-20(9-11-21)14-6-4-13(17)5-7-14/h4-7H,8-12H2,1-3H3,(H2,18,19). The van der Waals surface area contributed by atoms with Gasteiger partial charge in [-0.25, -0.2) is 12.8 Å². The van der Waals surface area contributed by atoms with Crippen LogP contribution in [-0.2, 0) is 9.84 Å². The Labute approximate surface area is 143 Å². The van der Waals surface area contributed by atoms with Crippen molar-refractivity contribution in [3.8, 4) is 0 Å². The minimum Gasteiger partial charge on any atom is -0.370 e. The zero-order valence-electron chi connectivity index (χ0n) is 14.4. The first-order chi connectivity index (χ1) is 11.1. The Morgan fingerprint density at radius 1 is 1.21 bits per heavy atom. The van der Waals surface area contributed by atoms with Gasteiger partial charge >= 0.3 is 0 Å². The van der Waals surface area contributed by atoms with Gasteiger partial charge in [0, 0.05) is 38.1 Å². The van der Waals surface area contributed by atoms with Gasteiger partial charge in [-0.05, 0) is 38.1 Å². The summed E-state index contributed by atoms with van der Waals surface area (Å²) in [5.74, 6) is 0.118. The highest BCUT2D eigenvalue weighted by Crippen LogP contribution is 2.18. The van der Waals surface area contributed by atoms with Crippen LogP contribution in [0, 0.1) is 5.82 Å².